The molecule has 1 atom stereocenters. The Hall–Kier alpha value is -1.96. The van der Waals surface area contributed by atoms with Crippen LogP contribution >= 0.6 is 11.6 Å². The van der Waals surface area contributed by atoms with E-state index in [0.29, 0.717) is 17.5 Å². The first-order valence-corrected chi connectivity index (χ1v) is 6.19. The molecule has 0 radical (unpaired) electrons. The lowest BCUT2D eigenvalue weighted by molar-refractivity contribution is -0.191. The molecule has 21 heavy (non-hydrogen) atoms. The van der Waals surface area contributed by atoms with E-state index in [1.807, 2.05) is 0 Å². The van der Waals surface area contributed by atoms with Gasteiger partial charge in [-0.2, -0.15) is 13.2 Å². The number of nitrogens with zero attached hydrogens (tertiary/aromatic N) is 1. The molecule has 1 aliphatic heterocycles. The highest BCUT2D eigenvalue weighted by molar-refractivity contribution is 6.31. The van der Waals surface area contributed by atoms with Crippen molar-refractivity contribution < 1.29 is 22.8 Å². The third-order valence-corrected chi connectivity index (χ3v) is 3.61. The molecule has 3 N–H and O–H groups in total. The van der Waals surface area contributed by atoms with Crippen molar-refractivity contribution in [3.05, 3.63) is 28.8 Å². The number of nitrogens with one attached hydrogen (secondary N) is 1. The minimum Gasteiger partial charge on any atom is -0.399 e. The Morgan fingerprint density at radius 2 is 2.00 bits per heavy atom. The van der Waals surface area contributed by atoms with Gasteiger partial charge in [0, 0.05) is 10.7 Å². The predicted octanol–water partition coefficient (Wildman–Crippen LogP) is 2.29. The predicted molar refractivity (Wildman–Crippen MR) is 69.4 cm³/mol. The molecule has 5 nitrogen and oxygen atoms in total. The van der Waals surface area contributed by atoms with E-state index in [-0.39, 0.29) is 17.1 Å². The van der Waals surface area contributed by atoms with E-state index < -0.39 is 23.7 Å². The lowest BCUT2D eigenvalue weighted by Crippen LogP contribution is -2.56. The molecule has 1 fully saturated rings. The van der Waals surface area contributed by atoms with Crippen LogP contribution in [-0.4, -0.2) is 28.6 Å². The van der Waals surface area contributed by atoms with Crippen molar-refractivity contribution in [3.8, 4) is 0 Å². The molecule has 0 saturated carbocycles. The lowest BCUT2D eigenvalue weighted by atomic mass is 10.0. The molecule has 1 aromatic carbocycles. The molecule has 0 aromatic heterocycles. The number of anilines is 1. The molecule has 2 rings (SSSR count). The molecule has 1 unspecified atom stereocenters. The average Bonchev–Trinajstić information content (AvgIpc) is 2.58. The molecular weight excluding hydrogens is 311 g/mol. The number of halogens is 4. The minimum atomic E-state index is -4.89. The standard InChI is InChI=1S/C12H11ClF3N3O2/c1-11(12(14,15)16)9(20)19(10(21)18-11)5-6-4-7(17)2-3-8(6)13/h2-4H,5,17H2,1H3,(H,18,21). The number of carbonyl (C=O) groups excluding carboxylic acids is 2. The topological polar surface area (TPSA) is 75.4 Å². The van der Waals surface area contributed by atoms with Gasteiger partial charge in [-0.15, -0.1) is 0 Å². The summed E-state index contributed by atoms with van der Waals surface area (Å²) >= 11 is 5.88. The van der Waals surface area contributed by atoms with E-state index in [4.69, 9.17) is 17.3 Å². The number of imide groups is 1. The van der Waals surface area contributed by atoms with E-state index in [1.165, 1.54) is 18.2 Å². The van der Waals surface area contributed by atoms with Crippen LogP contribution in [0.3, 0.4) is 0 Å². The van der Waals surface area contributed by atoms with Gasteiger partial charge in [0.2, 0.25) is 5.54 Å². The normalized spacial score (nSPS) is 22.6. The number of amides is 3. The first-order valence-electron chi connectivity index (χ1n) is 5.81. The van der Waals surface area contributed by atoms with Gasteiger partial charge in [-0.25, -0.2) is 4.79 Å². The van der Waals surface area contributed by atoms with Crippen molar-refractivity contribution >= 4 is 29.2 Å². The Bertz CT molecular complexity index is 620. The molecule has 0 aliphatic carbocycles. The second kappa shape index (κ2) is 4.80. The van der Waals surface area contributed by atoms with E-state index in [9.17, 15) is 22.8 Å². The summed E-state index contributed by atoms with van der Waals surface area (Å²) in [5.41, 5.74) is 3.22. The highest BCUT2D eigenvalue weighted by Crippen LogP contribution is 2.36. The molecule has 9 heteroatoms. The molecule has 1 aliphatic rings. The number of rotatable bonds is 2. The van der Waals surface area contributed by atoms with Crippen LogP contribution in [0.25, 0.3) is 0 Å². The van der Waals surface area contributed by atoms with Gasteiger partial charge in [0.25, 0.3) is 5.91 Å². The van der Waals surface area contributed by atoms with E-state index in [0.717, 1.165) is 0 Å². The zero-order chi connectivity index (χ0) is 16.0. The van der Waals surface area contributed by atoms with Crippen LogP contribution in [0.5, 0.6) is 0 Å². The van der Waals surface area contributed by atoms with Crippen LogP contribution in [-0.2, 0) is 11.3 Å². The van der Waals surface area contributed by atoms with Gasteiger partial charge in [-0.05, 0) is 30.7 Å². The first kappa shape index (κ1) is 15.4. The van der Waals surface area contributed by atoms with Gasteiger partial charge in [0.15, 0.2) is 0 Å². The van der Waals surface area contributed by atoms with Crippen molar-refractivity contribution in [2.75, 3.05) is 5.73 Å². The van der Waals surface area contributed by atoms with Gasteiger partial charge in [-0.1, -0.05) is 11.6 Å². The Balaban J connectivity index is 2.32. The van der Waals surface area contributed by atoms with Crippen LogP contribution < -0.4 is 11.1 Å². The summed E-state index contributed by atoms with van der Waals surface area (Å²) in [7, 11) is 0. The summed E-state index contributed by atoms with van der Waals surface area (Å²) in [6.45, 7) is 0.231. The Labute approximate surface area is 122 Å². The number of nitrogens with two attached hydrogens (primary N) is 1. The lowest BCUT2D eigenvalue weighted by Gasteiger charge is -2.24. The molecule has 1 aromatic rings. The van der Waals surface area contributed by atoms with Gasteiger partial charge in [0.1, 0.15) is 0 Å². The summed E-state index contributed by atoms with van der Waals surface area (Å²) in [5, 5.41) is 1.86. The number of urea groups is 1. The van der Waals surface area contributed by atoms with Crippen LogP contribution in [0, 0.1) is 0 Å². The summed E-state index contributed by atoms with van der Waals surface area (Å²) in [6.07, 6.45) is -4.89. The second-order valence-electron chi connectivity index (χ2n) is 4.80. The second-order valence-corrected chi connectivity index (χ2v) is 5.20. The maximum Gasteiger partial charge on any atom is 0.420 e. The average molecular weight is 322 g/mol. The maximum atomic E-state index is 12.9. The van der Waals surface area contributed by atoms with E-state index in [2.05, 4.69) is 0 Å². The summed E-state index contributed by atoms with van der Waals surface area (Å²) in [6, 6.07) is 3.20. The van der Waals surface area contributed by atoms with Gasteiger partial charge in [0.05, 0.1) is 6.54 Å². The Morgan fingerprint density at radius 3 is 2.52 bits per heavy atom. The van der Waals surface area contributed by atoms with Gasteiger partial charge >= 0.3 is 12.2 Å². The maximum absolute atomic E-state index is 12.9. The smallest absolute Gasteiger partial charge is 0.399 e. The highest BCUT2D eigenvalue weighted by Gasteiger charge is 2.64. The molecule has 1 saturated heterocycles. The SMILES string of the molecule is CC1(C(F)(F)F)NC(=O)N(Cc2cc(N)ccc2Cl)C1=O. The molecule has 1 heterocycles. The van der Waals surface area contributed by atoms with Crippen LogP contribution in [0.4, 0.5) is 23.7 Å². The van der Waals surface area contributed by atoms with E-state index >= 15 is 0 Å². The van der Waals surface area contributed by atoms with Gasteiger partial charge < -0.3 is 11.1 Å². The number of alkyl halides is 3. The van der Waals surface area contributed by atoms with Crippen molar-refractivity contribution in [1.29, 1.82) is 0 Å². The van der Waals surface area contributed by atoms with Crippen molar-refractivity contribution in [3.63, 3.8) is 0 Å². The number of benzene rings is 1. The number of nitrogen functional groups attached to an aromatic ring is 1. The summed E-state index contributed by atoms with van der Waals surface area (Å²) < 4.78 is 38.7. The Kier molecular flexibility index (Phi) is 3.53. The fraction of sp³-hybridized carbons (Fsp3) is 0.333. The Morgan fingerprint density at radius 1 is 1.38 bits per heavy atom. The molecular formula is C12H11ClF3N3O2. The highest BCUT2D eigenvalue weighted by atomic mass is 35.5. The molecule has 114 valence electrons. The monoisotopic (exact) mass is 321 g/mol. The zero-order valence-corrected chi connectivity index (χ0v) is 11.5. The summed E-state index contributed by atoms with van der Waals surface area (Å²) in [5.74, 6) is -1.38. The fourth-order valence-electron chi connectivity index (χ4n) is 1.92. The largest absolute Gasteiger partial charge is 0.420 e. The number of carbonyl (C=O) groups is 2. The fourth-order valence-corrected chi connectivity index (χ4v) is 2.10. The zero-order valence-electron chi connectivity index (χ0n) is 10.8. The molecule has 0 spiro atoms. The van der Waals surface area contributed by atoms with Crippen LogP contribution in [0.2, 0.25) is 5.02 Å². The van der Waals surface area contributed by atoms with Crippen molar-refractivity contribution in [2.45, 2.75) is 25.2 Å². The van der Waals surface area contributed by atoms with Gasteiger partial charge in [-0.3, -0.25) is 9.69 Å². The van der Waals surface area contributed by atoms with Crippen LogP contribution in [0.1, 0.15) is 12.5 Å². The number of hydrogen-bond acceptors (Lipinski definition) is 3. The third-order valence-electron chi connectivity index (χ3n) is 3.24. The van der Waals surface area contributed by atoms with E-state index in [1.54, 1.807) is 5.32 Å². The molecule has 3 amide bonds. The third kappa shape index (κ3) is 2.51. The first-order chi connectivity index (χ1) is 9.56. The van der Waals surface area contributed by atoms with Crippen LogP contribution in [0.15, 0.2) is 18.2 Å². The number of hydrogen-bond donors (Lipinski definition) is 2. The quantitative estimate of drug-likeness (QED) is 0.648. The minimum absolute atomic E-state index is 0.199. The molecule has 0 bridgehead atoms. The van der Waals surface area contributed by atoms with Crippen molar-refractivity contribution in [1.82, 2.24) is 10.2 Å². The summed E-state index contributed by atoms with van der Waals surface area (Å²) in [4.78, 5) is 24.1. The van der Waals surface area contributed by atoms with Crippen molar-refractivity contribution in [2.24, 2.45) is 0 Å².